The fraction of sp³-hybridized carbons (Fsp3) is 0.294. The minimum Gasteiger partial charge on any atom is -0.493 e. The van der Waals surface area contributed by atoms with Crippen molar-refractivity contribution in [3.8, 4) is 5.75 Å². The van der Waals surface area contributed by atoms with Crippen molar-refractivity contribution in [2.75, 3.05) is 13.2 Å². The molecule has 164 valence electrons. The van der Waals surface area contributed by atoms with Gasteiger partial charge in [0.05, 0.1) is 10.9 Å². The van der Waals surface area contributed by atoms with E-state index in [1.807, 2.05) is 0 Å². The summed E-state index contributed by atoms with van der Waals surface area (Å²) in [5.41, 5.74) is 10.9. The number of guanidine groups is 1. The van der Waals surface area contributed by atoms with Crippen LogP contribution in [0.5, 0.6) is 5.75 Å². The largest absolute Gasteiger partial charge is 0.493 e. The molecule has 0 saturated carbocycles. The van der Waals surface area contributed by atoms with Crippen molar-refractivity contribution < 1.29 is 27.9 Å². The fourth-order valence-electron chi connectivity index (χ4n) is 2.26. The Hall–Kier alpha value is -2.54. The molecule has 1 atom stereocenters. The van der Waals surface area contributed by atoms with Gasteiger partial charge < -0.3 is 26.1 Å². The van der Waals surface area contributed by atoms with Gasteiger partial charge in [0.25, 0.3) is 10.0 Å². The van der Waals surface area contributed by atoms with Crippen LogP contribution in [0.1, 0.15) is 12.0 Å². The first-order valence-corrected chi connectivity index (χ1v) is 11.3. The molecule has 0 saturated heterocycles. The number of nitrogens with one attached hydrogen (secondary N) is 1. The molecular weight excluding hydrogens is 456 g/mol. The van der Waals surface area contributed by atoms with Gasteiger partial charge in [0.2, 0.25) is 5.96 Å². The van der Waals surface area contributed by atoms with Gasteiger partial charge in [-0.25, -0.2) is 8.42 Å². The molecule has 1 heterocycles. The summed E-state index contributed by atoms with van der Waals surface area (Å²) in [6.45, 7) is 0.645. The Labute approximate surface area is 182 Å². The van der Waals surface area contributed by atoms with E-state index in [9.17, 15) is 18.3 Å². The summed E-state index contributed by atoms with van der Waals surface area (Å²) in [4.78, 5) is 16.4. The van der Waals surface area contributed by atoms with Gasteiger partial charge in [-0.1, -0.05) is 23.7 Å². The lowest BCUT2D eigenvalue weighted by Gasteiger charge is -2.14. The molecule has 1 unspecified atom stereocenters. The highest BCUT2D eigenvalue weighted by Crippen LogP contribution is 2.25. The van der Waals surface area contributed by atoms with E-state index in [0.717, 1.165) is 11.3 Å². The molecule has 0 spiro atoms. The molecule has 1 aromatic heterocycles. The Morgan fingerprint density at radius 1 is 1.20 bits per heavy atom. The number of nitrogens with zero attached hydrogens (tertiary/aromatic N) is 1. The first-order valence-electron chi connectivity index (χ1n) is 8.60. The molecule has 0 amide bonds. The number of sulfonamides is 1. The average molecular weight is 477 g/mol. The number of carboxylic acids is 1. The number of halogens is 1. The number of carbonyl (C=O) groups is 1. The predicted molar refractivity (Wildman–Crippen MR) is 113 cm³/mol. The van der Waals surface area contributed by atoms with E-state index < -0.39 is 22.0 Å². The number of rotatable bonds is 12. The number of nitrogens with two attached hydrogens (primary N) is 2. The standard InChI is InChI=1S/C17H21ClN4O6S2/c18-14-6-7-15(29-14)30(25,26)22-13(16(23)24)10-11-2-4-12(5-3-11)27-8-1-9-28-21-17(19)20/h2-7,13,22H,1,8-10H2,(H,23,24)(H4,19,20,21). The van der Waals surface area contributed by atoms with Crippen molar-refractivity contribution in [3.63, 3.8) is 0 Å². The fourth-order valence-corrected chi connectivity index (χ4v) is 4.95. The molecule has 0 bridgehead atoms. The molecule has 6 N–H and O–H groups in total. The van der Waals surface area contributed by atoms with Crippen molar-refractivity contribution in [2.45, 2.75) is 23.1 Å². The van der Waals surface area contributed by atoms with Gasteiger partial charge >= 0.3 is 5.97 Å². The molecule has 0 fully saturated rings. The van der Waals surface area contributed by atoms with Gasteiger partial charge in [0, 0.05) is 6.42 Å². The summed E-state index contributed by atoms with van der Waals surface area (Å²) in [5, 5.41) is 12.8. The number of aliphatic carboxylic acids is 1. The van der Waals surface area contributed by atoms with E-state index in [1.54, 1.807) is 24.3 Å². The van der Waals surface area contributed by atoms with Crippen LogP contribution in [0, 0.1) is 0 Å². The van der Waals surface area contributed by atoms with Crippen molar-refractivity contribution in [2.24, 2.45) is 16.6 Å². The van der Waals surface area contributed by atoms with Crippen LogP contribution in [0.4, 0.5) is 0 Å². The van der Waals surface area contributed by atoms with Crippen LogP contribution in [0.2, 0.25) is 4.34 Å². The number of benzene rings is 1. The third kappa shape index (κ3) is 7.71. The first kappa shape index (κ1) is 23.7. The molecule has 2 aromatic rings. The zero-order chi connectivity index (χ0) is 22.1. The smallest absolute Gasteiger partial charge is 0.322 e. The number of carboxylic acid groups (broad SMARTS) is 1. The van der Waals surface area contributed by atoms with Crippen LogP contribution >= 0.6 is 22.9 Å². The molecule has 0 radical (unpaired) electrons. The predicted octanol–water partition coefficient (Wildman–Crippen LogP) is 1.35. The van der Waals surface area contributed by atoms with Crippen LogP contribution in [0.15, 0.2) is 45.8 Å². The Balaban J connectivity index is 1.90. The normalized spacial score (nSPS) is 12.2. The quantitative estimate of drug-likeness (QED) is 0.154. The number of thiophene rings is 1. The highest BCUT2D eigenvalue weighted by Gasteiger charge is 2.26. The second-order valence-electron chi connectivity index (χ2n) is 5.97. The second kappa shape index (κ2) is 11.0. The topological polar surface area (TPSA) is 166 Å². The van der Waals surface area contributed by atoms with E-state index in [1.165, 1.54) is 12.1 Å². The maximum absolute atomic E-state index is 12.4. The zero-order valence-electron chi connectivity index (χ0n) is 15.7. The molecule has 0 aliphatic rings. The van der Waals surface area contributed by atoms with Gasteiger partial charge in [-0.2, -0.15) is 4.72 Å². The van der Waals surface area contributed by atoms with E-state index in [2.05, 4.69) is 9.88 Å². The van der Waals surface area contributed by atoms with E-state index in [0.29, 0.717) is 28.7 Å². The average Bonchev–Trinajstić information content (AvgIpc) is 3.12. The van der Waals surface area contributed by atoms with Crippen LogP contribution in [-0.4, -0.2) is 44.7 Å². The van der Waals surface area contributed by atoms with Crippen LogP contribution in [0.25, 0.3) is 0 Å². The van der Waals surface area contributed by atoms with Crippen molar-refractivity contribution >= 4 is 44.9 Å². The van der Waals surface area contributed by atoms with Gasteiger partial charge in [0.15, 0.2) is 0 Å². The summed E-state index contributed by atoms with van der Waals surface area (Å²) < 4.78 is 32.7. The minimum absolute atomic E-state index is 0.0414. The zero-order valence-corrected chi connectivity index (χ0v) is 18.0. The van der Waals surface area contributed by atoms with Crippen molar-refractivity contribution in [3.05, 3.63) is 46.3 Å². The molecule has 0 aliphatic heterocycles. The number of oxime groups is 1. The SMILES string of the molecule is NC(N)=NOCCCOc1ccc(CC(NS(=O)(=O)c2ccc(Cl)s2)C(=O)O)cc1. The maximum Gasteiger partial charge on any atom is 0.322 e. The lowest BCUT2D eigenvalue weighted by atomic mass is 10.1. The van der Waals surface area contributed by atoms with Crippen LogP contribution in [0.3, 0.4) is 0 Å². The number of hydrogen-bond acceptors (Lipinski definition) is 7. The van der Waals surface area contributed by atoms with E-state index in [4.69, 9.17) is 32.6 Å². The van der Waals surface area contributed by atoms with Gasteiger partial charge in [0.1, 0.15) is 22.6 Å². The number of ether oxygens (including phenoxy) is 1. The van der Waals surface area contributed by atoms with Crippen LogP contribution < -0.4 is 20.9 Å². The van der Waals surface area contributed by atoms with Gasteiger partial charge in [-0.05, 0) is 41.4 Å². The monoisotopic (exact) mass is 476 g/mol. The Morgan fingerprint density at radius 3 is 2.47 bits per heavy atom. The van der Waals surface area contributed by atoms with Gasteiger partial charge in [-0.15, -0.1) is 11.3 Å². The maximum atomic E-state index is 12.4. The molecule has 1 aromatic carbocycles. The Bertz CT molecular complexity index is 974. The van der Waals surface area contributed by atoms with E-state index >= 15 is 0 Å². The van der Waals surface area contributed by atoms with E-state index in [-0.39, 0.29) is 23.2 Å². The third-order valence-electron chi connectivity index (χ3n) is 3.59. The lowest BCUT2D eigenvalue weighted by Crippen LogP contribution is -2.42. The summed E-state index contributed by atoms with van der Waals surface area (Å²) >= 11 is 6.61. The molecular formula is C17H21ClN4O6S2. The molecule has 0 aliphatic carbocycles. The summed E-state index contributed by atoms with van der Waals surface area (Å²) in [7, 11) is -4.00. The highest BCUT2D eigenvalue weighted by atomic mass is 35.5. The molecule has 30 heavy (non-hydrogen) atoms. The summed E-state index contributed by atoms with van der Waals surface area (Å²) in [6.07, 6.45) is 0.508. The second-order valence-corrected chi connectivity index (χ2v) is 9.63. The molecule has 13 heteroatoms. The Kier molecular flexibility index (Phi) is 8.72. The first-order chi connectivity index (χ1) is 14.2. The molecule has 10 nitrogen and oxygen atoms in total. The summed E-state index contributed by atoms with van der Waals surface area (Å²) in [5.74, 6) is -0.878. The highest BCUT2D eigenvalue weighted by molar-refractivity contribution is 7.91. The lowest BCUT2D eigenvalue weighted by molar-refractivity contribution is -0.138. The summed E-state index contributed by atoms with van der Waals surface area (Å²) in [6, 6.07) is 8.08. The number of hydrogen-bond donors (Lipinski definition) is 4. The third-order valence-corrected chi connectivity index (χ3v) is 6.79. The van der Waals surface area contributed by atoms with Crippen molar-refractivity contribution in [1.29, 1.82) is 0 Å². The van der Waals surface area contributed by atoms with Crippen LogP contribution in [-0.2, 0) is 26.1 Å². The van der Waals surface area contributed by atoms with Gasteiger partial charge in [-0.3, -0.25) is 4.79 Å². The van der Waals surface area contributed by atoms with Crippen molar-refractivity contribution in [1.82, 2.24) is 4.72 Å². The minimum atomic E-state index is -4.00. The molecule has 2 rings (SSSR count). The Morgan fingerprint density at radius 2 is 1.90 bits per heavy atom.